The second-order valence-electron chi connectivity index (χ2n) is 6.61. The molecule has 2 N–H and O–H groups in total. The van der Waals surface area contributed by atoms with Gasteiger partial charge in [-0.3, -0.25) is 9.67 Å². The van der Waals surface area contributed by atoms with Crippen molar-refractivity contribution >= 4 is 29.9 Å². The van der Waals surface area contributed by atoms with E-state index in [9.17, 15) is 17.6 Å². The van der Waals surface area contributed by atoms with Crippen LogP contribution in [0.5, 0.6) is 0 Å². The maximum Gasteiger partial charge on any atom is 0.416 e. The topological polar surface area (TPSA) is 54.2 Å². The number of aliphatic imine (C=N–C) groups is 1. The van der Waals surface area contributed by atoms with E-state index in [0.717, 1.165) is 23.3 Å². The lowest BCUT2D eigenvalue weighted by Gasteiger charge is -2.15. The first-order chi connectivity index (χ1) is 14.3. The van der Waals surface area contributed by atoms with Crippen LogP contribution in [0.2, 0.25) is 0 Å². The molecule has 1 heterocycles. The van der Waals surface area contributed by atoms with Gasteiger partial charge in [-0.15, -0.1) is 24.0 Å². The quantitative estimate of drug-likeness (QED) is 0.206. The minimum Gasteiger partial charge on any atom is -0.352 e. The van der Waals surface area contributed by atoms with E-state index in [-0.39, 0.29) is 36.1 Å². The molecule has 0 atom stereocenters. The number of benzene rings is 2. The fourth-order valence-corrected chi connectivity index (χ4v) is 2.91. The summed E-state index contributed by atoms with van der Waals surface area (Å²) in [5, 5.41) is 10.2. The van der Waals surface area contributed by atoms with Gasteiger partial charge in [0.05, 0.1) is 18.3 Å². The number of alkyl halides is 3. The van der Waals surface area contributed by atoms with E-state index in [0.29, 0.717) is 25.1 Å². The average Bonchev–Trinajstić information content (AvgIpc) is 3.16. The SMILES string of the molecule is CN=C(NCc1cnn(Cc2ccccc2)c1)NCc1ccc(F)cc1C(F)(F)F.I. The minimum atomic E-state index is -4.64. The van der Waals surface area contributed by atoms with Crippen molar-refractivity contribution in [3.05, 3.63) is 89.0 Å². The number of hydrogen-bond donors (Lipinski definition) is 2. The zero-order valence-electron chi connectivity index (χ0n) is 16.7. The Hall–Kier alpha value is -2.63. The fourth-order valence-electron chi connectivity index (χ4n) is 2.91. The molecule has 1 aromatic heterocycles. The van der Waals surface area contributed by atoms with Crippen LogP contribution >= 0.6 is 24.0 Å². The Morgan fingerprint density at radius 2 is 1.74 bits per heavy atom. The molecular weight excluding hydrogens is 525 g/mol. The number of nitrogens with one attached hydrogen (secondary N) is 2. The van der Waals surface area contributed by atoms with Crippen LogP contribution in [-0.4, -0.2) is 22.8 Å². The third kappa shape index (κ3) is 7.23. The summed E-state index contributed by atoms with van der Waals surface area (Å²) in [6, 6.07) is 12.5. The first-order valence-corrected chi connectivity index (χ1v) is 9.20. The third-order valence-electron chi connectivity index (χ3n) is 4.38. The molecular formula is C21H22F4IN5. The number of rotatable bonds is 6. The minimum absolute atomic E-state index is 0. The molecule has 3 rings (SSSR count). The average molecular weight is 547 g/mol. The Labute approximate surface area is 194 Å². The largest absolute Gasteiger partial charge is 0.416 e. The molecule has 0 aliphatic heterocycles. The van der Waals surface area contributed by atoms with Gasteiger partial charge < -0.3 is 10.6 Å². The third-order valence-corrected chi connectivity index (χ3v) is 4.38. The van der Waals surface area contributed by atoms with Crippen molar-refractivity contribution in [2.75, 3.05) is 7.05 Å². The first-order valence-electron chi connectivity index (χ1n) is 9.20. The summed E-state index contributed by atoms with van der Waals surface area (Å²) in [5.74, 6) is -0.607. The molecule has 0 radical (unpaired) electrons. The smallest absolute Gasteiger partial charge is 0.352 e. The van der Waals surface area contributed by atoms with Gasteiger partial charge in [0.25, 0.3) is 0 Å². The maximum absolute atomic E-state index is 13.2. The summed E-state index contributed by atoms with van der Waals surface area (Å²) in [5.41, 5.74) is 0.944. The first kappa shape index (κ1) is 24.6. The van der Waals surface area contributed by atoms with Crippen LogP contribution in [0, 0.1) is 5.82 Å². The molecule has 5 nitrogen and oxygen atoms in total. The second kappa shape index (κ2) is 11.1. The van der Waals surface area contributed by atoms with Crippen molar-refractivity contribution in [3.63, 3.8) is 0 Å². The summed E-state index contributed by atoms with van der Waals surface area (Å²) in [6.07, 6.45) is -1.04. The summed E-state index contributed by atoms with van der Waals surface area (Å²) < 4.78 is 54.4. The van der Waals surface area contributed by atoms with Crippen LogP contribution in [-0.2, 0) is 25.8 Å². The summed E-state index contributed by atoms with van der Waals surface area (Å²) in [4.78, 5) is 4.01. The van der Waals surface area contributed by atoms with Gasteiger partial charge in [0.1, 0.15) is 5.82 Å². The molecule has 0 aliphatic rings. The van der Waals surface area contributed by atoms with Crippen molar-refractivity contribution in [2.24, 2.45) is 4.99 Å². The molecule has 2 aromatic carbocycles. The van der Waals surface area contributed by atoms with E-state index in [2.05, 4.69) is 20.7 Å². The van der Waals surface area contributed by atoms with Crippen LogP contribution in [0.4, 0.5) is 17.6 Å². The number of guanidine groups is 1. The van der Waals surface area contributed by atoms with E-state index >= 15 is 0 Å². The van der Waals surface area contributed by atoms with E-state index in [4.69, 9.17) is 0 Å². The zero-order chi connectivity index (χ0) is 21.6. The highest BCUT2D eigenvalue weighted by Gasteiger charge is 2.33. The molecule has 10 heteroatoms. The van der Waals surface area contributed by atoms with Gasteiger partial charge in [-0.25, -0.2) is 4.39 Å². The van der Waals surface area contributed by atoms with Crippen molar-refractivity contribution in [3.8, 4) is 0 Å². The Morgan fingerprint density at radius 3 is 2.42 bits per heavy atom. The van der Waals surface area contributed by atoms with Gasteiger partial charge in [-0.2, -0.15) is 18.3 Å². The summed E-state index contributed by atoms with van der Waals surface area (Å²) in [6.45, 7) is 0.880. The molecule has 0 spiro atoms. The summed E-state index contributed by atoms with van der Waals surface area (Å²) >= 11 is 0. The van der Waals surface area contributed by atoms with Crippen molar-refractivity contribution < 1.29 is 17.6 Å². The Balaban J connectivity index is 0.00000341. The van der Waals surface area contributed by atoms with E-state index < -0.39 is 17.6 Å². The normalized spacial score (nSPS) is 11.7. The number of hydrogen-bond acceptors (Lipinski definition) is 2. The molecule has 0 bridgehead atoms. The molecule has 0 fully saturated rings. The summed E-state index contributed by atoms with van der Waals surface area (Å²) in [7, 11) is 1.52. The lowest BCUT2D eigenvalue weighted by atomic mass is 10.1. The molecule has 0 saturated carbocycles. The Morgan fingerprint density at radius 1 is 1.03 bits per heavy atom. The van der Waals surface area contributed by atoms with Gasteiger partial charge in [-0.05, 0) is 23.3 Å². The molecule has 0 saturated heterocycles. The van der Waals surface area contributed by atoms with Gasteiger partial charge in [0.2, 0.25) is 0 Å². The predicted molar refractivity (Wildman–Crippen MR) is 122 cm³/mol. The van der Waals surface area contributed by atoms with Crippen molar-refractivity contribution in [1.82, 2.24) is 20.4 Å². The second-order valence-corrected chi connectivity index (χ2v) is 6.61. The van der Waals surface area contributed by atoms with Gasteiger partial charge in [0, 0.05) is 31.9 Å². The molecule has 0 amide bonds. The molecule has 166 valence electrons. The number of halogens is 5. The number of nitrogens with zero attached hydrogens (tertiary/aromatic N) is 3. The van der Waals surface area contributed by atoms with Crippen molar-refractivity contribution in [1.29, 1.82) is 0 Å². The standard InChI is InChI=1S/C21H21F4N5.HI/c1-26-20(28-12-17-7-8-18(22)9-19(17)21(23,24)25)27-10-16-11-29-30(14-16)13-15-5-3-2-4-6-15;/h2-9,11,14H,10,12-13H2,1H3,(H2,26,27,28);1H. The molecule has 0 aliphatic carbocycles. The van der Waals surface area contributed by atoms with Gasteiger partial charge in [-0.1, -0.05) is 36.4 Å². The lowest BCUT2D eigenvalue weighted by molar-refractivity contribution is -0.138. The van der Waals surface area contributed by atoms with Gasteiger partial charge in [0.15, 0.2) is 5.96 Å². The highest BCUT2D eigenvalue weighted by molar-refractivity contribution is 14.0. The predicted octanol–water partition coefficient (Wildman–Crippen LogP) is 4.57. The fraction of sp³-hybridized carbons (Fsp3) is 0.238. The lowest BCUT2D eigenvalue weighted by Crippen LogP contribution is -2.36. The van der Waals surface area contributed by atoms with Crippen LogP contribution in [0.3, 0.4) is 0 Å². The van der Waals surface area contributed by atoms with E-state index in [1.165, 1.54) is 7.05 Å². The molecule has 0 unspecified atom stereocenters. The van der Waals surface area contributed by atoms with Crippen LogP contribution in [0.25, 0.3) is 0 Å². The number of aromatic nitrogens is 2. The van der Waals surface area contributed by atoms with Crippen LogP contribution < -0.4 is 10.6 Å². The van der Waals surface area contributed by atoms with Gasteiger partial charge >= 0.3 is 6.18 Å². The molecule has 31 heavy (non-hydrogen) atoms. The highest BCUT2D eigenvalue weighted by atomic mass is 127. The Bertz CT molecular complexity index is 1000. The van der Waals surface area contributed by atoms with Crippen molar-refractivity contribution in [2.45, 2.75) is 25.8 Å². The maximum atomic E-state index is 13.2. The highest BCUT2D eigenvalue weighted by Crippen LogP contribution is 2.32. The Kier molecular flexibility index (Phi) is 8.84. The molecule has 3 aromatic rings. The van der Waals surface area contributed by atoms with Crippen LogP contribution in [0.1, 0.15) is 22.3 Å². The van der Waals surface area contributed by atoms with E-state index in [1.807, 2.05) is 36.5 Å². The van der Waals surface area contributed by atoms with Crippen LogP contribution in [0.15, 0.2) is 65.9 Å². The zero-order valence-corrected chi connectivity index (χ0v) is 19.0. The van der Waals surface area contributed by atoms with E-state index in [1.54, 1.807) is 10.9 Å². The monoisotopic (exact) mass is 547 g/mol.